The van der Waals surface area contributed by atoms with Crippen molar-refractivity contribution in [2.24, 2.45) is 0 Å². The molecule has 1 saturated heterocycles. The van der Waals surface area contributed by atoms with Crippen LogP contribution in [-0.4, -0.2) is 19.3 Å². The SMILES string of the molecule is C=CCc1c2ccc(c1CCCCCCCCCCC1CO1)OOCC2. The molecule has 3 nitrogen and oxygen atoms in total. The molecule has 1 fully saturated rings. The summed E-state index contributed by atoms with van der Waals surface area (Å²) in [5.74, 6) is 0.907. The van der Waals surface area contributed by atoms with Crippen molar-refractivity contribution in [1.82, 2.24) is 0 Å². The molecule has 0 aliphatic carbocycles. The van der Waals surface area contributed by atoms with Crippen LogP contribution in [0.1, 0.15) is 74.5 Å². The summed E-state index contributed by atoms with van der Waals surface area (Å²) in [6.45, 7) is 5.57. The molecule has 0 N–H and O–H groups in total. The summed E-state index contributed by atoms with van der Waals surface area (Å²) < 4.78 is 5.25. The molecule has 2 bridgehead atoms. The lowest BCUT2D eigenvalue weighted by molar-refractivity contribution is -0.207. The minimum absolute atomic E-state index is 0.610. The molecule has 1 aromatic rings. The summed E-state index contributed by atoms with van der Waals surface area (Å²) in [6, 6.07) is 4.26. The lowest BCUT2D eigenvalue weighted by Crippen LogP contribution is -2.12. The third kappa shape index (κ3) is 6.14. The highest BCUT2D eigenvalue weighted by Gasteiger charge is 2.20. The maximum absolute atomic E-state index is 5.53. The van der Waals surface area contributed by atoms with Crippen LogP contribution >= 0.6 is 0 Å². The largest absolute Gasteiger partial charge is 0.373 e. The van der Waals surface area contributed by atoms with Crippen molar-refractivity contribution >= 4 is 0 Å². The van der Waals surface area contributed by atoms with E-state index >= 15 is 0 Å². The van der Waals surface area contributed by atoms with E-state index in [4.69, 9.17) is 14.5 Å². The van der Waals surface area contributed by atoms with Gasteiger partial charge in [0.2, 0.25) is 0 Å². The van der Waals surface area contributed by atoms with E-state index in [0.29, 0.717) is 12.7 Å². The Kier molecular flexibility index (Phi) is 8.03. The molecule has 3 heteroatoms. The Morgan fingerprint density at radius 2 is 1.69 bits per heavy atom. The molecule has 0 amide bonds. The van der Waals surface area contributed by atoms with Crippen molar-refractivity contribution in [3.63, 3.8) is 0 Å². The lowest BCUT2D eigenvalue weighted by atomic mass is 9.92. The van der Waals surface area contributed by atoms with Gasteiger partial charge in [0.15, 0.2) is 5.75 Å². The third-order valence-electron chi connectivity index (χ3n) is 5.54. The highest BCUT2D eigenvalue weighted by atomic mass is 17.2. The molecule has 1 atom stereocenters. The van der Waals surface area contributed by atoms with E-state index < -0.39 is 0 Å². The van der Waals surface area contributed by atoms with E-state index in [-0.39, 0.29) is 0 Å². The van der Waals surface area contributed by atoms with Crippen LogP contribution in [0.2, 0.25) is 0 Å². The van der Waals surface area contributed by atoms with Crippen molar-refractivity contribution in [2.45, 2.75) is 83.2 Å². The Bertz CT molecular complexity index is 563. The van der Waals surface area contributed by atoms with Crippen LogP contribution in [0.5, 0.6) is 5.75 Å². The molecular formula is C23H34O3. The molecule has 26 heavy (non-hydrogen) atoms. The third-order valence-corrected chi connectivity index (χ3v) is 5.54. The second kappa shape index (κ2) is 10.7. The van der Waals surface area contributed by atoms with Crippen LogP contribution in [-0.2, 0) is 28.9 Å². The molecule has 3 aliphatic heterocycles. The first-order valence-corrected chi connectivity index (χ1v) is 10.5. The van der Waals surface area contributed by atoms with Crippen molar-refractivity contribution in [3.8, 4) is 5.75 Å². The normalized spacial score (nSPS) is 18.2. The van der Waals surface area contributed by atoms with Gasteiger partial charge < -0.3 is 9.62 Å². The molecule has 0 radical (unpaired) electrons. The maximum atomic E-state index is 5.53. The van der Waals surface area contributed by atoms with Gasteiger partial charge in [0, 0.05) is 12.0 Å². The second-order valence-corrected chi connectivity index (χ2v) is 7.65. The molecule has 3 heterocycles. The van der Waals surface area contributed by atoms with Gasteiger partial charge in [0.1, 0.15) is 0 Å². The molecule has 144 valence electrons. The Hall–Kier alpha value is -1.32. The number of hydrogen-bond donors (Lipinski definition) is 0. The molecular weight excluding hydrogens is 324 g/mol. The van der Waals surface area contributed by atoms with Crippen molar-refractivity contribution in [2.75, 3.05) is 13.2 Å². The summed E-state index contributed by atoms with van der Waals surface area (Å²) in [7, 11) is 0. The Morgan fingerprint density at radius 3 is 2.42 bits per heavy atom. The van der Waals surface area contributed by atoms with Crippen molar-refractivity contribution < 1.29 is 14.5 Å². The highest BCUT2D eigenvalue weighted by molar-refractivity contribution is 5.46. The fourth-order valence-corrected chi connectivity index (χ4v) is 3.93. The van der Waals surface area contributed by atoms with E-state index in [1.807, 2.05) is 6.08 Å². The van der Waals surface area contributed by atoms with Crippen LogP contribution in [0.25, 0.3) is 0 Å². The minimum Gasteiger partial charge on any atom is -0.373 e. The number of epoxide rings is 1. The monoisotopic (exact) mass is 358 g/mol. The number of benzene rings is 1. The Morgan fingerprint density at radius 1 is 0.962 bits per heavy atom. The number of allylic oxidation sites excluding steroid dienone is 1. The maximum Gasteiger partial charge on any atom is 0.168 e. The van der Waals surface area contributed by atoms with Gasteiger partial charge in [-0.1, -0.05) is 57.1 Å². The molecule has 4 rings (SSSR count). The molecule has 0 spiro atoms. The van der Waals surface area contributed by atoms with E-state index in [2.05, 4.69) is 18.7 Å². The topological polar surface area (TPSA) is 31.0 Å². The van der Waals surface area contributed by atoms with E-state index in [1.54, 1.807) is 0 Å². The smallest absolute Gasteiger partial charge is 0.168 e. The molecule has 0 saturated carbocycles. The highest BCUT2D eigenvalue weighted by Crippen LogP contribution is 2.31. The van der Waals surface area contributed by atoms with Crippen LogP contribution in [0, 0.1) is 0 Å². The molecule has 1 unspecified atom stereocenters. The first-order chi connectivity index (χ1) is 12.9. The van der Waals surface area contributed by atoms with Crippen LogP contribution < -0.4 is 4.89 Å². The van der Waals surface area contributed by atoms with Gasteiger partial charge in [-0.05, 0) is 42.9 Å². The summed E-state index contributed by atoms with van der Waals surface area (Å²) in [5.41, 5.74) is 4.15. The van der Waals surface area contributed by atoms with Crippen molar-refractivity contribution in [1.29, 1.82) is 0 Å². The quantitative estimate of drug-likeness (QED) is 0.195. The molecule has 3 aliphatic rings. The van der Waals surface area contributed by atoms with Crippen molar-refractivity contribution in [3.05, 3.63) is 41.5 Å². The fourth-order valence-electron chi connectivity index (χ4n) is 3.93. The number of rotatable bonds is 13. The number of fused-ring (bicyclic) bond motifs is 5. The number of ether oxygens (including phenoxy) is 1. The fraction of sp³-hybridized carbons (Fsp3) is 0.652. The summed E-state index contributed by atoms with van der Waals surface area (Å²) >= 11 is 0. The van der Waals surface area contributed by atoms with E-state index in [9.17, 15) is 0 Å². The second-order valence-electron chi connectivity index (χ2n) is 7.65. The average Bonchev–Trinajstić information content (AvgIpc) is 3.43. The van der Waals surface area contributed by atoms with Gasteiger partial charge in [-0.2, -0.15) is 4.89 Å². The zero-order valence-corrected chi connectivity index (χ0v) is 16.1. The summed E-state index contributed by atoms with van der Waals surface area (Å²) in [6.07, 6.45) is 17.5. The van der Waals surface area contributed by atoms with Crippen LogP contribution in [0.3, 0.4) is 0 Å². The van der Waals surface area contributed by atoms with Gasteiger partial charge in [-0.3, -0.25) is 0 Å². The zero-order valence-electron chi connectivity index (χ0n) is 16.1. The number of unbranched alkanes of at least 4 members (excludes halogenated alkanes) is 7. The Labute approximate surface area is 158 Å². The predicted molar refractivity (Wildman–Crippen MR) is 106 cm³/mol. The van der Waals surface area contributed by atoms with Gasteiger partial charge in [-0.25, -0.2) is 0 Å². The van der Waals surface area contributed by atoms with Gasteiger partial charge in [-0.15, -0.1) is 6.58 Å². The lowest BCUT2D eigenvalue weighted by Gasteiger charge is -2.20. The van der Waals surface area contributed by atoms with Crippen LogP contribution in [0.15, 0.2) is 24.8 Å². The number of hydrogen-bond acceptors (Lipinski definition) is 3. The van der Waals surface area contributed by atoms with Gasteiger partial charge >= 0.3 is 0 Å². The van der Waals surface area contributed by atoms with Crippen LogP contribution in [0.4, 0.5) is 0 Å². The zero-order chi connectivity index (χ0) is 18.0. The first-order valence-electron chi connectivity index (χ1n) is 10.5. The van der Waals surface area contributed by atoms with Gasteiger partial charge in [0.25, 0.3) is 0 Å². The Balaban J connectivity index is 1.34. The minimum atomic E-state index is 0.610. The van der Waals surface area contributed by atoms with E-state index in [0.717, 1.165) is 31.6 Å². The first kappa shape index (κ1) is 19.4. The average molecular weight is 359 g/mol. The van der Waals surface area contributed by atoms with Gasteiger partial charge in [0.05, 0.1) is 19.3 Å². The predicted octanol–water partition coefficient (Wildman–Crippen LogP) is 5.73. The standard InChI is InChI=1S/C23H34O3/c1-2-11-21-19-14-15-23(26-25-17-16-19)22(21)13-10-8-6-4-3-5-7-9-12-20-18-24-20/h2,14-15,20H,1,3-13,16-18H2. The molecule has 1 aromatic carbocycles. The molecule has 0 aromatic heterocycles. The summed E-state index contributed by atoms with van der Waals surface area (Å²) in [4.78, 5) is 10.8. The van der Waals surface area contributed by atoms with E-state index in [1.165, 1.54) is 74.5 Å². The summed E-state index contributed by atoms with van der Waals surface area (Å²) in [5, 5.41) is 0.